The third-order valence-electron chi connectivity index (χ3n) is 5.77. The number of rotatable bonds is 7. The van der Waals surface area contributed by atoms with Gasteiger partial charge >= 0.3 is 6.03 Å². The van der Waals surface area contributed by atoms with Gasteiger partial charge in [0.1, 0.15) is 0 Å². The van der Waals surface area contributed by atoms with Gasteiger partial charge in [0.25, 0.3) is 0 Å². The van der Waals surface area contributed by atoms with Gasteiger partial charge in [0.05, 0.1) is 17.0 Å². The second kappa shape index (κ2) is 9.16. The van der Waals surface area contributed by atoms with E-state index in [4.69, 9.17) is 0 Å². The van der Waals surface area contributed by atoms with Crippen LogP contribution in [0, 0.1) is 0 Å². The molecule has 172 valence electrons. The number of aryl methyl sites for hydroxylation is 1. The fourth-order valence-corrected chi connectivity index (χ4v) is 6.47. The largest absolute Gasteiger partial charge is 0.336 e. The first-order valence-electron chi connectivity index (χ1n) is 10.8. The molecule has 2 aromatic rings. The highest BCUT2D eigenvalue weighted by Gasteiger charge is 2.28. The van der Waals surface area contributed by atoms with E-state index in [1.807, 2.05) is 19.2 Å². The Hall–Kier alpha value is -2.50. The smallest absolute Gasteiger partial charge is 0.323 e. The second-order valence-electron chi connectivity index (χ2n) is 7.71. The van der Waals surface area contributed by atoms with E-state index in [1.54, 1.807) is 28.0 Å². The van der Waals surface area contributed by atoms with E-state index in [0.717, 1.165) is 24.1 Å². The van der Waals surface area contributed by atoms with Gasteiger partial charge in [-0.25, -0.2) is 18.2 Å². The summed E-state index contributed by atoms with van der Waals surface area (Å²) in [4.78, 5) is 32.9. The molecular formula is C21H27N5O4S2. The highest BCUT2D eigenvalue weighted by molar-refractivity contribution is 7.89. The van der Waals surface area contributed by atoms with E-state index in [2.05, 4.69) is 10.3 Å². The van der Waals surface area contributed by atoms with Crippen LogP contribution in [0.2, 0.25) is 0 Å². The number of amides is 3. The molecule has 9 nitrogen and oxygen atoms in total. The Bertz CT molecular complexity index is 1130. The lowest BCUT2D eigenvalue weighted by Crippen LogP contribution is -2.37. The van der Waals surface area contributed by atoms with Crippen LogP contribution in [0.3, 0.4) is 0 Å². The minimum Gasteiger partial charge on any atom is -0.336 e. The molecule has 0 radical (unpaired) electrons. The van der Waals surface area contributed by atoms with Gasteiger partial charge in [0.15, 0.2) is 5.13 Å². The number of carbonyl (C=O) groups excluding carboxylic acids is 2. The monoisotopic (exact) mass is 477 g/mol. The Labute approximate surface area is 192 Å². The van der Waals surface area contributed by atoms with Crippen LogP contribution in [0.5, 0.6) is 0 Å². The van der Waals surface area contributed by atoms with Crippen molar-refractivity contribution in [3.8, 4) is 0 Å². The average molecular weight is 478 g/mol. The summed E-state index contributed by atoms with van der Waals surface area (Å²) in [5, 5.41) is 5.14. The quantitative estimate of drug-likeness (QED) is 0.659. The van der Waals surface area contributed by atoms with Gasteiger partial charge in [-0.3, -0.25) is 9.69 Å². The summed E-state index contributed by atoms with van der Waals surface area (Å²) in [6, 6.07) is 4.86. The van der Waals surface area contributed by atoms with E-state index in [1.165, 1.54) is 15.6 Å². The highest BCUT2D eigenvalue weighted by atomic mass is 32.2. The van der Waals surface area contributed by atoms with Crippen molar-refractivity contribution in [3.05, 3.63) is 34.8 Å². The number of benzene rings is 1. The van der Waals surface area contributed by atoms with Crippen molar-refractivity contribution in [3.63, 3.8) is 0 Å². The number of aromatic nitrogens is 1. The van der Waals surface area contributed by atoms with Crippen LogP contribution in [-0.2, 0) is 27.7 Å². The number of carbonyl (C=O) groups is 2. The first kappa shape index (κ1) is 22.7. The van der Waals surface area contributed by atoms with Gasteiger partial charge in [0.2, 0.25) is 15.9 Å². The maximum Gasteiger partial charge on any atom is 0.323 e. The summed E-state index contributed by atoms with van der Waals surface area (Å²) in [7, 11) is -3.55. The summed E-state index contributed by atoms with van der Waals surface area (Å²) < 4.78 is 27.2. The van der Waals surface area contributed by atoms with Gasteiger partial charge in [-0.15, -0.1) is 11.3 Å². The number of fused-ring (bicyclic) bond motifs is 1. The standard InChI is InChI=1S/C21H27N5O4S2/c1-3-24(4-2)32(29,30)17-7-8-18-15(12-17)6-5-10-25(18)19(27)13-16-14-31-21(23-16)26-11-9-22-20(26)28/h7-8,12,14H,3-6,9-11,13H2,1-2H3,(H,22,28). The number of hydrogen-bond acceptors (Lipinski definition) is 6. The van der Waals surface area contributed by atoms with Crippen molar-refractivity contribution in [1.82, 2.24) is 14.6 Å². The van der Waals surface area contributed by atoms with Crippen LogP contribution in [0.25, 0.3) is 0 Å². The first-order chi connectivity index (χ1) is 15.3. The molecule has 3 heterocycles. The molecule has 4 rings (SSSR count). The van der Waals surface area contributed by atoms with Gasteiger partial charge in [0, 0.05) is 43.8 Å². The van der Waals surface area contributed by atoms with Crippen molar-refractivity contribution in [2.75, 3.05) is 42.5 Å². The van der Waals surface area contributed by atoms with Crippen molar-refractivity contribution in [2.45, 2.75) is 38.0 Å². The lowest BCUT2D eigenvalue weighted by Gasteiger charge is -2.30. The Balaban J connectivity index is 1.52. The molecule has 0 aliphatic carbocycles. The number of urea groups is 1. The zero-order valence-electron chi connectivity index (χ0n) is 18.2. The average Bonchev–Trinajstić information content (AvgIpc) is 3.42. The Morgan fingerprint density at radius 3 is 2.72 bits per heavy atom. The zero-order chi connectivity index (χ0) is 22.9. The number of nitrogens with one attached hydrogen (secondary N) is 1. The molecule has 0 unspecified atom stereocenters. The SMILES string of the molecule is CCN(CC)S(=O)(=O)c1ccc2c(c1)CCCN2C(=O)Cc1csc(N2CCNC2=O)n1. The molecule has 0 saturated carbocycles. The molecule has 0 bridgehead atoms. The summed E-state index contributed by atoms with van der Waals surface area (Å²) in [6.07, 6.45) is 1.63. The van der Waals surface area contributed by atoms with E-state index < -0.39 is 10.0 Å². The third-order valence-corrected chi connectivity index (χ3v) is 8.73. The molecule has 32 heavy (non-hydrogen) atoms. The van der Waals surface area contributed by atoms with E-state index in [-0.39, 0.29) is 23.3 Å². The van der Waals surface area contributed by atoms with Crippen LogP contribution < -0.4 is 15.1 Å². The van der Waals surface area contributed by atoms with E-state index in [0.29, 0.717) is 43.5 Å². The van der Waals surface area contributed by atoms with Gasteiger partial charge in [-0.2, -0.15) is 4.31 Å². The van der Waals surface area contributed by atoms with Crippen LogP contribution in [0.4, 0.5) is 15.6 Å². The molecule has 1 saturated heterocycles. The molecule has 2 aliphatic rings. The maximum atomic E-state index is 13.1. The fraction of sp³-hybridized carbons (Fsp3) is 0.476. The minimum atomic E-state index is -3.55. The summed E-state index contributed by atoms with van der Waals surface area (Å²) in [6.45, 7) is 6.20. The van der Waals surface area contributed by atoms with Crippen molar-refractivity contribution in [2.24, 2.45) is 0 Å². The lowest BCUT2D eigenvalue weighted by atomic mass is 10.0. The maximum absolute atomic E-state index is 13.1. The lowest BCUT2D eigenvalue weighted by molar-refractivity contribution is -0.118. The minimum absolute atomic E-state index is 0.0898. The molecule has 2 aliphatic heterocycles. The molecule has 1 aromatic carbocycles. The van der Waals surface area contributed by atoms with Crippen molar-refractivity contribution in [1.29, 1.82) is 0 Å². The molecule has 11 heteroatoms. The predicted octanol–water partition coefficient (Wildman–Crippen LogP) is 2.23. The topological polar surface area (TPSA) is 103 Å². The molecule has 1 aromatic heterocycles. The van der Waals surface area contributed by atoms with Crippen LogP contribution in [0.1, 0.15) is 31.5 Å². The highest BCUT2D eigenvalue weighted by Crippen LogP contribution is 2.31. The summed E-state index contributed by atoms with van der Waals surface area (Å²) >= 11 is 1.35. The second-order valence-corrected chi connectivity index (χ2v) is 10.5. The van der Waals surface area contributed by atoms with E-state index >= 15 is 0 Å². The zero-order valence-corrected chi connectivity index (χ0v) is 19.8. The normalized spacial score (nSPS) is 16.4. The number of anilines is 2. The Morgan fingerprint density at radius 2 is 2.03 bits per heavy atom. The van der Waals surface area contributed by atoms with Crippen LogP contribution in [-0.4, -0.2) is 62.4 Å². The van der Waals surface area contributed by atoms with Crippen LogP contribution >= 0.6 is 11.3 Å². The molecule has 1 N–H and O–H groups in total. The molecule has 0 atom stereocenters. The van der Waals surface area contributed by atoms with Gasteiger partial charge in [-0.05, 0) is 36.6 Å². The number of hydrogen-bond donors (Lipinski definition) is 1. The van der Waals surface area contributed by atoms with Crippen molar-refractivity contribution >= 4 is 44.1 Å². The van der Waals surface area contributed by atoms with Gasteiger partial charge < -0.3 is 10.2 Å². The number of nitrogens with zero attached hydrogens (tertiary/aromatic N) is 4. The summed E-state index contributed by atoms with van der Waals surface area (Å²) in [5.41, 5.74) is 2.25. The third kappa shape index (κ3) is 4.24. The number of sulfonamides is 1. The number of thiazole rings is 1. The predicted molar refractivity (Wildman–Crippen MR) is 124 cm³/mol. The van der Waals surface area contributed by atoms with Crippen molar-refractivity contribution < 1.29 is 18.0 Å². The first-order valence-corrected chi connectivity index (χ1v) is 13.1. The molecular weight excluding hydrogens is 450 g/mol. The van der Waals surface area contributed by atoms with Crippen LogP contribution in [0.15, 0.2) is 28.5 Å². The molecule has 1 fully saturated rings. The fourth-order valence-electron chi connectivity index (χ4n) is 4.11. The van der Waals surface area contributed by atoms with Gasteiger partial charge in [-0.1, -0.05) is 13.8 Å². The van der Waals surface area contributed by atoms with E-state index in [9.17, 15) is 18.0 Å². The molecule has 3 amide bonds. The summed E-state index contributed by atoms with van der Waals surface area (Å²) in [5.74, 6) is -0.0898. The Morgan fingerprint density at radius 1 is 1.25 bits per heavy atom. The Kier molecular flexibility index (Phi) is 6.50. The molecule has 0 spiro atoms.